The summed E-state index contributed by atoms with van der Waals surface area (Å²) in [5.41, 5.74) is 7.20. The third-order valence-electron chi connectivity index (χ3n) is 5.90. The maximum absolute atomic E-state index is 12.1. The Hall–Kier alpha value is -2.30. The van der Waals surface area contributed by atoms with Crippen molar-refractivity contribution in [3.8, 4) is 0 Å². The molecule has 1 N–H and O–H groups in total. The number of nitrogens with one attached hydrogen (secondary N) is 1. The number of hydrogen-bond acceptors (Lipinski definition) is 3. The van der Waals surface area contributed by atoms with E-state index in [4.69, 9.17) is 0 Å². The third-order valence-corrected chi connectivity index (χ3v) is 5.90. The molecule has 0 radical (unpaired) electrons. The van der Waals surface area contributed by atoms with Gasteiger partial charge >= 0.3 is 0 Å². The van der Waals surface area contributed by atoms with Crippen LogP contribution >= 0.6 is 0 Å². The Morgan fingerprint density at radius 1 is 1.11 bits per heavy atom. The molecule has 4 nitrogen and oxygen atoms in total. The summed E-state index contributed by atoms with van der Waals surface area (Å²) >= 11 is 0. The van der Waals surface area contributed by atoms with Crippen LogP contribution in [0, 0.1) is 12.1 Å². The van der Waals surface area contributed by atoms with Crippen LogP contribution in [0.2, 0.25) is 0 Å². The van der Waals surface area contributed by atoms with E-state index < -0.39 is 0 Å². The van der Waals surface area contributed by atoms with Gasteiger partial charge in [-0.15, -0.1) is 0 Å². The van der Waals surface area contributed by atoms with Crippen LogP contribution in [0.5, 0.6) is 0 Å². The standard InChI is InChI=1S/C24H33N3O/c1-6-24(21-8-7-18(2)23(17-21)25-3)26-15-13-20(14-16-26)19-9-11-22(12-10-19)27(4,5)28/h6-12,17,20,25H,13-16H2,1-5H3/b24-6+. The van der Waals surface area contributed by atoms with Crippen molar-refractivity contribution in [3.63, 3.8) is 0 Å². The van der Waals surface area contributed by atoms with Crippen LogP contribution in [0.1, 0.15) is 42.4 Å². The molecule has 0 atom stereocenters. The highest BCUT2D eigenvalue weighted by Gasteiger charge is 2.23. The van der Waals surface area contributed by atoms with Crippen molar-refractivity contribution >= 4 is 17.1 Å². The first-order chi connectivity index (χ1) is 13.3. The Labute approximate surface area is 169 Å². The summed E-state index contributed by atoms with van der Waals surface area (Å²) in [5, 5.41) is 15.4. The second kappa shape index (κ2) is 8.38. The summed E-state index contributed by atoms with van der Waals surface area (Å²) in [6, 6.07) is 14.9. The first-order valence-electron chi connectivity index (χ1n) is 10.2. The molecule has 1 aliphatic rings. The molecule has 1 saturated heterocycles. The molecule has 150 valence electrons. The Morgan fingerprint density at radius 2 is 1.75 bits per heavy atom. The van der Waals surface area contributed by atoms with Crippen molar-refractivity contribution in [1.82, 2.24) is 9.55 Å². The van der Waals surface area contributed by atoms with Crippen LogP contribution in [0.15, 0.2) is 48.5 Å². The largest absolute Gasteiger partial charge is 0.628 e. The zero-order valence-electron chi connectivity index (χ0n) is 17.8. The molecule has 0 unspecified atom stereocenters. The molecule has 0 amide bonds. The van der Waals surface area contributed by atoms with E-state index in [1.54, 1.807) is 14.1 Å². The lowest BCUT2D eigenvalue weighted by Gasteiger charge is -2.36. The lowest BCUT2D eigenvalue weighted by molar-refractivity contribution is 0.298. The molecule has 1 aliphatic heterocycles. The second-order valence-electron chi connectivity index (χ2n) is 8.16. The smallest absolute Gasteiger partial charge is 0.132 e. The predicted octanol–water partition coefficient (Wildman–Crippen LogP) is 5.34. The van der Waals surface area contributed by atoms with Crippen LogP contribution in [0.25, 0.3) is 5.70 Å². The molecule has 2 aromatic rings. The van der Waals surface area contributed by atoms with Gasteiger partial charge in [0.15, 0.2) is 0 Å². The van der Waals surface area contributed by atoms with Gasteiger partial charge < -0.3 is 20.1 Å². The number of quaternary nitrogens is 1. The number of nitrogens with zero attached hydrogens (tertiary/aromatic N) is 2. The van der Waals surface area contributed by atoms with E-state index in [2.05, 4.69) is 60.5 Å². The van der Waals surface area contributed by atoms with Crippen LogP contribution < -0.4 is 9.96 Å². The molecular weight excluding hydrogens is 346 g/mol. The minimum Gasteiger partial charge on any atom is -0.628 e. The lowest BCUT2D eigenvalue weighted by atomic mass is 9.88. The van der Waals surface area contributed by atoms with Crippen molar-refractivity contribution in [2.45, 2.75) is 32.6 Å². The van der Waals surface area contributed by atoms with Crippen molar-refractivity contribution in [1.29, 1.82) is 0 Å². The van der Waals surface area contributed by atoms with E-state index in [1.807, 2.05) is 19.2 Å². The first kappa shape index (κ1) is 20.4. The Bertz CT molecular complexity index is 826. The lowest BCUT2D eigenvalue weighted by Crippen LogP contribution is -2.33. The van der Waals surface area contributed by atoms with Gasteiger partial charge in [0.2, 0.25) is 0 Å². The van der Waals surface area contributed by atoms with Gasteiger partial charge in [-0.1, -0.05) is 30.3 Å². The van der Waals surface area contributed by atoms with E-state index >= 15 is 0 Å². The van der Waals surface area contributed by atoms with Gasteiger partial charge in [-0.3, -0.25) is 0 Å². The van der Waals surface area contributed by atoms with Gasteiger partial charge in [0, 0.05) is 31.5 Å². The molecule has 1 heterocycles. The normalized spacial score (nSPS) is 16.4. The average Bonchev–Trinajstić information content (AvgIpc) is 2.69. The second-order valence-corrected chi connectivity index (χ2v) is 8.16. The maximum atomic E-state index is 12.1. The highest BCUT2D eigenvalue weighted by molar-refractivity contribution is 5.69. The van der Waals surface area contributed by atoms with E-state index in [9.17, 15) is 5.21 Å². The number of aryl methyl sites for hydroxylation is 1. The topological polar surface area (TPSA) is 38.3 Å². The number of benzene rings is 2. The van der Waals surface area contributed by atoms with Crippen molar-refractivity contribution in [3.05, 3.63) is 70.4 Å². The van der Waals surface area contributed by atoms with Crippen LogP contribution in [-0.2, 0) is 0 Å². The van der Waals surface area contributed by atoms with Crippen LogP contribution in [0.3, 0.4) is 0 Å². The van der Waals surface area contributed by atoms with Crippen molar-refractivity contribution in [2.24, 2.45) is 0 Å². The van der Waals surface area contributed by atoms with Crippen LogP contribution in [-0.4, -0.2) is 39.1 Å². The molecule has 2 aromatic carbocycles. The fourth-order valence-electron chi connectivity index (χ4n) is 4.14. The Balaban J connectivity index is 1.69. The minimum absolute atomic E-state index is 0.380. The molecule has 0 bridgehead atoms. The summed E-state index contributed by atoms with van der Waals surface area (Å²) < 4.78 is -0.380. The summed E-state index contributed by atoms with van der Waals surface area (Å²) in [6.07, 6.45) is 4.50. The van der Waals surface area contributed by atoms with Gasteiger partial charge in [0.1, 0.15) is 5.69 Å². The predicted molar refractivity (Wildman–Crippen MR) is 121 cm³/mol. The molecule has 3 rings (SSSR count). The summed E-state index contributed by atoms with van der Waals surface area (Å²) in [5.74, 6) is 0.566. The zero-order valence-corrected chi connectivity index (χ0v) is 17.8. The van der Waals surface area contributed by atoms with E-state index in [1.165, 1.54) is 28.1 Å². The molecule has 0 saturated carbocycles. The van der Waals surface area contributed by atoms with Gasteiger partial charge in [0.25, 0.3) is 0 Å². The average molecular weight is 380 g/mol. The molecule has 0 aromatic heterocycles. The molecular formula is C24H33N3O. The van der Waals surface area contributed by atoms with Gasteiger partial charge in [-0.05, 0) is 67.5 Å². The SMILES string of the molecule is C/C=C(\c1ccc(C)c(NC)c1)N1CCC(c2ccc([N+](C)(C)[O-])cc2)CC1. The fraction of sp³-hybridized carbons (Fsp3) is 0.417. The minimum atomic E-state index is -0.380. The number of piperidine rings is 1. The number of hydroxylamine groups is 2. The molecule has 0 aliphatic carbocycles. The van der Waals surface area contributed by atoms with E-state index in [0.717, 1.165) is 31.6 Å². The summed E-state index contributed by atoms with van der Waals surface area (Å²) in [6.45, 7) is 6.37. The van der Waals surface area contributed by atoms with Gasteiger partial charge in [-0.25, -0.2) is 0 Å². The highest BCUT2D eigenvalue weighted by Crippen LogP contribution is 2.34. The number of likely N-dealkylation sites (tertiary alicyclic amines) is 1. The molecule has 0 spiro atoms. The van der Waals surface area contributed by atoms with Crippen molar-refractivity contribution < 1.29 is 0 Å². The third kappa shape index (κ3) is 4.40. The quantitative estimate of drug-likeness (QED) is 0.563. The summed E-state index contributed by atoms with van der Waals surface area (Å²) in [4.78, 5) is 2.51. The zero-order chi connectivity index (χ0) is 20.3. The molecule has 4 heteroatoms. The van der Waals surface area contributed by atoms with E-state index in [-0.39, 0.29) is 4.65 Å². The van der Waals surface area contributed by atoms with Crippen LogP contribution in [0.4, 0.5) is 11.4 Å². The summed E-state index contributed by atoms with van der Waals surface area (Å²) in [7, 11) is 5.30. The molecule has 1 fully saturated rings. The fourth-order valence-corrected chi connectivity index (χ4v) is 4.14. The van der Waals surface area contributed by atoms with Gasteiger partial charge in [0.05, 0.1) is 14.1 Å². The Kier molecular flexibility index (Phi) is 6.11. The number of hydrogen-bond donors (Lipinski definition) is 1. The number of anilines is 1. The van der Waals surface area contributed by atoms with E-state index in [0.29, 0.717) is 5.92 Å². The maximum Gasteiger partial charge on any atom is 0.132 e. The Morgan fingerprint density at radius 3 is 2.29 bits per heavy atom. The highest BCUT2D eigenvalue weighted by atomic mass is 16.5. The van der Waals surface area contributed by atoms with Gasteiger partial charge in [-0.2, -0.15) is 0 Å². The first-order valence-corrected chi connectivity index (χ1v) is 10.2. The monoisotopic (exact) mass is 379 g/mol. The van der Waals surface area contributed by atoms with Crippen molar-refractivity contribution in [2.75, 3.05) is 39.5 Å². The number of rotatable bonds is 5. The number of allylic oxidation sites excluding steroid dienone is 1. The molecule has 28 heavy (non-hydrogen) atoms.